The van der Waals surface area contributed by atoms with Crippen molar-refractivity contribution in [2.45, 2.75) is 17.7 Å². The topological polar surface area (TPSA) is 114 Å². The van der Waals surface area contributed by atoms with Gasteiger partial charge in [0.05, 0.1) is 11.3 Å². The van der Waals surface area contributed by atoms with Gasteiger partial charge in [-0.1, -0.05) is 18.2 Å². The van der Waals surface area contributed by atoms with Crippen molar-refractivity contribution in [2.24, 2.45) is 5.92 Å². The average Bonchev–Trinajstić information content (AvgIpc) is 3.33. The smallest absolute Gasteiger partial charge is 0.264 e. The van der Waals surface area contributed by atoms with Crippen LogP contribution in [0.25, 0.3) is 11.0 Å². The molecule has 2 aromatic carbocycles. The Kier molecular flexibility index (Phi) is 4.08. The molecule has 1 aliphatic carbocycles. The van der Waals surface area contributed by atoms with Gasteiger partial charge in [0.2, 0.25) is 0 Å². The average molecular weight is 372 g/mol. The van der Waals surface area contributed by atoms with Gasteiger partial charge in [0.15, 0.2) is 5.52 Å². The van der Waals surface area contributed by atoms with Crippen molar-refractivity contribution in [1.29, 1.82) is 0 Å². The van der Waals surface area contributed by atoms with E-state index in [0.29, 0.717) is 18.0 Å². The lowest BCUT2D eigenvalue weighted by molar-refractivity contribution is 0.0952. The Labute approximate surface area is 149 Å². The molecule has 0 aliphatic heterocycles. The van der Waals surface area contributed by atoms with Gasteiger partial charge < -0.3 is 5.32 Å². The monoisotopic (exact) mass is 372 g/mol. The molecular weight excluding hydrogens is 356 g/mol. The first-order valence-electron chi connectivity index (χ1n) is 8.16. The summed E-state index contributed by atoms with van der Waals surface area (Å²) in [5.74, 6) is 0.219. The predicted octanol–water partition coefficient (Wildman–Crippen LogP) is 2.16. The van der Waals surface area contributed by atoms with Crippen LogP contribution in [0.3, 0.4) is 0 Å². The van der Waals surface area contributed by atoms with Crippen LogP contribution in [0.5, 0.6) is 0 Å². The molecule has 0 unspecified atom stereocenters. The van der Waals surface area contributed by atoms with E-state index in [-0.39, 0.29) is 27.6 Å². The summed E-state index contributed by atoms with van der Waals surface area (Å²) in [6, 6.07) is 11.0. The molecule has 9 heteroatoms. The number of carbonyl (C=O) groups is 1. The van der Waals surface area contributed by atoms with Gasteiger partial charge in [-0.05, 0) is 53.3 Å². The number of anilines is 1. The Morgan fingerprint density at radius 1 is 1.12 bits per heavy atom. The van der Waals surface area contributed by atoms with Crippen molar-refractivity contribution in [3.8, 4) is 0 Å². The van der Waals surface area contributed by atoms with Gasteiger partial charge in [-0.3, -0.25) is 9.52 Å². The van der Waals surface area contributed by atoms with E-state index < -0.39 is 10.0 Å². The van der Waals surface area contributed by atoms with E-state index in [0.717, 1.165) is 12.8 Å². The van der Waals surface area contributed by atoms with Crippen LogP contribution < -0.4 is 10.0 Å². The lowest BCUT2D eigenvalue weighted by Crippen LogP contribution is -2.27. The van der Waals surface area contributed by atoms with Crippen molar-refractivity contribution in [1.82, 2.24) is 15.6 Å². The summed E-state index contributed by atoms with van der Waals surface area (Å²) in [7, 11) is -3.98. The predicted molar refractivity (Wildman–Crippen MR) is 94.1 cm³/mol. The fraction of sp³-hybridized carbons (Fsp3) is 0.235. The van der Waals surface area contributed by atoms with Crippen LogP contribution in [0.2, 0.25) is 0 Å². The molecule has 4 rings (SSSR count). The zero-order chi connectivity index (χ0) is 18.1. The molecule has 0 spiro atoms. The largest absolute Gasteiger partial charge is 0.352 e. The molecule has 1 fully saturated rings. The second kappa shape index (κ2) is 6.41. The molecule has 26 heavy (non-hydrogen) atoms. The highest BCUT2D eigenvalue weighted by molar-refractivity contribution is 7.93. The number of nitrogens with zero attached hydrogens (tertiary/aromatic N) is 2. The second-order valence-electron chi connectivity index (χ2n) is 6.19. The van der Waals surface area contributed by atoms with Gasteiger partial charge in [-0.2, -0.15) is 0 Å². The van der Waals surface area contributed by atoms with Crippen LogP contribution >= 0.6 is 0 Å². The molecule has 1 heterocycles. The lowest BCUT2D eigenvalue weighted by Gasteiger charge is -2.12. The molecule has 3 aromatic rings. The number of hydrogen-bond donors (Lipinski definition) is 2. The molecule has 2 N–H and O–H groups in total. The number of para-hydroxylation sites is 1. The van der Waals surface area contributed by atoms with Crippen LogP contribution in [-0.4, -0.2) is 31.2 Å². The minimum absolute atomic E-state index is 0.0653. The highest BCUT2D eigenvalue weighted by Gasteiger charge is 2.24. The molecule has 0 saturated heterocycles. The normalized spacial score (nSPS) is 14.3. The van der Waals surface area contributed by atoms with Crippen molar-refractivity contribution in [3.05, 3.63) is 48.0 Å². The lowest BCUT2D eigenvalue weighted by atomic mass is 10.1. The van der Waals surface area contributed by atoms with E-state index in [4.69, 9.17) is 0 Å². The summed E-state index contributed by atoms with van der Waals surface area (Å²) in [6.07, 6.45) is 2.23. The maximum atomic E-state index is 12.8. The zero-order valence-electron chi connectivity index (χ0n) is 13.7. The maximum Gasteiger partial charge on any atom is 0.264 e. The maximum absolute atomic E-state index is 12.8. The highest BCUT2D eigenvalue weighted by Crippen LogP contribution is 2.28. The Morgan fingerprint density at radius 2 is 1.92 bits per heavy atom. The van der Waals surface area contributed by atoms with Crippen LogP contribution in [0.1, 0.15) is 23.2 Å². The molecule has 134 valence electrons. The standard InChI is InChI=1S/C17H16N4O4S/c22-17(18-10-11-8-9-11)12-4-1-2-5-13(12)21-26(23,24)15-7-3-6-14-16(15)20-25-19-14/h1-7,11,21H,8-10H2,(H,18,22). The first-order chi connectivity index (χ1) is 12.5. The first-order valence-corrected chi connectivity index (χ1v) is 9.64. The van der Waals surface area contributed by atoms with E-state index in [1.807, 2.05) is 0 Å². The molecule has 8 nitrogen and oxygen atoms in total. The number of benzene rings is 2. The first kappa shape index (κ1) is 16.5. The van der Waals surface area contributed by atoms with Gasteiger partial charge in [-0.25, -0.2) is 13.0 Å². The third-order valence-electron chi connectivity index (χ3n) is 4.20. The SMILES string of the molecule is O=C(NCC1CC1)c1ccccc1NS(=O)(=O)c1cccc2nonc12. The number of sulfonamides is 1. The summed E-state index contributed by atoms with van der Waals surface area (Å²) in [4.78, 5) is 12.3. The van der Waals surface area contributed by atoms with Gasteiger partial charge >= 0.3 is 0 Å². The van der Waals surface area contributed by atoms with Gasteiger partial charge in [0, 0.05) is 6.54 Å². The van der Waals surface area contributed by atoms with Gasteiger partial charge in [0.25, 0.3) is 15.9 Å². The van der Waals surface area contributed by atoms with Crippen LogP contribution in [0.15, 0.2) is 52.0 Å². The summed E-state index contributed by atoms with van der Waals surface area (Å²) in [6.45, 7) is 0.601. The Balaban J connectivity index is 1.64. The molecule has 0 atom stereocenters. The molecule has 1 saturated carbocycles. The number of nitrogens with one attached hydrogen (secondary N) is 2. The van der Waals surface area contributed by atoms with Crippen LogP contribution in [0, 0.1) is 5.92 Å². The third kappa shape index (κ3) is 3.25. The summed E-state index contributed by atoms with van der Waals surface area (Å²) >= 11 is 0. The molecular formula is C17H16N4O4S. The van der Waals surface area contributed by atoms with E-state index >= 15 is 0 Å². The number of carbonyl (C=O) groups excluding carboxylic acids is 1. The number of aromatic nitrogens is 2. The van der Waals surface area contributed by atoms with E-state index in [9.17, 15) is 13.2 Å². The van der Waals surface area contributed by atoms with E-state index in [1.54, 1.807) is 36.4 Å². The molecule has 1 amide bonds. The highest BCUT2D eigenvalue weighted by atomic mass is 32.2. The molecule has 1 aromatic heterocycles. The van der Waals surface area contributed by atoms with Gasteiger partial charge in [0.1, 0.15) is 10.4 Å². The number of rotatable bonds is 6. The van der Waals surface area contributed by atoms with Gasteiger partial charge in [-0.15, -0.1) is 0 Å². The van der Waals surface area contributed by atoms with Crippen molar-refractivity contribution >= 4 is 32.7 Å². The van der Waals surface area contributed by atoms with Crippen molar-refractivity contribution < 1.29 is 17.8 Å². The molecule has 0 radical (unpaired) electrons. The quantitative estimate of drug-likeness (QED) is 0.685. The Bertz CT molecular complexity index is 1070. The Morgan fingerprint density at radius 3 is 2.73 bits per heavy atom. The van der Waals surface area contributed by atoms with Crippen LogP contribution in [-0.2, 0) is 10.0 Å². The zero-order valence-corrected chi connectivity index (χ0v) is 14.5. The second-order valence-corrected chi connectivity index (χ2v) is 7.84. The minimum Gasteiger partial charge on any atom is -0.352 e. The number of fused-ring (bicyclic) bond motifs is 1. The Hall–Kier alpha value is -2.94. The summed E-state index contributed by atoms with van der Waals surface area (Å²) in [5, 5.41) is 10.1. The number of hydrogen-bond acceptors (Lipinski definition) is 6. The van der Waals surface area contributed by atoms with Crippen molar-refractivity contribution in [2.75, 3.05) is 11.3 Å². The molecule has 0 bridgehead atoms. The molecule has 1 aliphatic rings. The number of amides is 1. The summed E-state index contributed by atoms with van der Waals surface area (Å²) in [5.41, 5.74) is 0.940. The summed E-state index contributed by atoms with van der Waals surface area (Å²) < 4.78 is 32.7. The van der Waals surface area contributed by atoms with Crippen molar-refractivity contribution in [3.63, 3.8) is 0 Å². The van der Waals surface area contributed by atoms with E-state index in [1.165, 1.54) is 6.07 Å². The fourth-order valence-electron chi connectivity index (χ4n) is 2.62. The minimum atomic E-state index is -3.98. The van der Waals surface area contributed by atoms with E-state index in [2.05, 4.69) is 25.0 Å². The van der Waals surface area contributed by atoms with Crippen LogP contribution in [0.4, 0.5) is 5.69 Å². The fourth-order valence-corrected chi connectivity index (χ4v) is 3.85. The third-order valence-corrected chi connectivity index (χ3v) is 5.60.